The minimum absolute atomic E-state index is 0.0342. The number of hydrogen-bond donors (Lipinski definition) is 1. The summed E-state index contributed by atoms with van der Waals surface area (Å²) in [6, 6.07) is 12.1. The Bertz CT molecular complexity index is 546. The van der Waals surface area contributed by atoms with E-state index in [0.717, 1.165) is 4.90 Å². The molecule has 0 atom stereocenters. The summed E-state index contributed by atoms with van der Waals surface area (Å²) in [6.07, 6.45) is 0. The summed E-state index contributed by atoms with van der Waals surface area (Å²) in [7, 11) is 0. The van der Waals surface area contributed by atoms with E-state index in [9.17, 15) is 10.1 Å². The van der Waals surface area contributed by atoms with E-state index in [-0.39, 0.29) is 11.5 Å². The number of nitrogens with zero attached hydrogens (tertiary/aromatic N) is 2. The highest BCUT2D eigenvalue weighted by molar-refractivity contribution is 7.99. The van der Waals surface area contributed by atoms with Gasteiger partial charge in [0, 0.05) is 11.0 Å². The Kier molecular flexibility index (Phi) is 3.24. The standard InChI is InChI=1S/C11H9N3O2S/c12-10-7-6-9(14(15)16)11(13-10)17-8-4-2-1-3-5-8/h1-7H,(H2,12,13). The van der Waals surface area contributed by atoms with E-state index < -0.39 is 4.92 Å². The quantitative estimate of drug-likeness (QED) is 0.666. The lowest BCUT2D eigenvalue weighted by atomic mass is 10.4. The Morgan fingerprint density at radius 2 is 1.88 bits per heavy atom. The minimum atomic E-state index is -0.461. The van der Waals surface area contributed by atoms with Crippen LogP contribution in [0, 0.1) is 10.1 Å². The summed E-state index contributed by atoms with van der Waals surface area (Å²) in [5.74, 6) is 0.272. The van der Waals surface area contributed by atoms with Gasteiger partial charge in [-0.3, -0.25) is 10.1 Å². The molecular weight excluding hydrogens is 238 g/mol. The number of hydrogen-bond acceptors (Lipinski definition) is 5. The van der Waals surface area contributed by atoms with Crippen molar-refractivity contribution in [1.29, 1.82) is 0 Å². The molecule has 17 heavy (non-hydrogen) atoms. The van der Waals surface area contributed by atoms with Crippen LogP contribution in [0.15, 0.2) is 52.4 Å². The summed E-state index contributed by atoms with van der Waals surface area (Å²) in [6.45, 7) is 0. The number of nitrogen functional groups attached to an aromatic ring is 1. The van der Waals surface area contributed by atoms with Gasteiger partial charge in [0.15, 0.2) is 5.03 Å². The van der Waals surface area contributed by atoms with E-state index in [1.165, 1.54) is 23.9 Å². The first-order chi connectivity index (χ1) is 8.16. The largest absolute Gasteiger partial charge is 0.384 e. The zero-order valence-corrected chi connectivity index (χ0v) is 9.55. The molecule has 86 valence electrons. The van der Waals surface area contributed by atoms with Gasteiger partial charge >= 0.3 is 5.69 Å². The SMILES string of the molecule is Nc1ccc([N+](=O)[O-])c(Sc2ccccc2)n1. The van der Waals surface area contributed by atoms with Gasteiger partial charge in [0.05, 0.1) is 4.92 Å². The van der Waals surface area contributed by atoms with E-state index in [1.54, 1.807) is 0 Å². The summed E-state index contributed by atoms with van der Waals surface area (Å²) >= 11 is 1.22. The van der Waals surface area contributed by atoms with E-state index >= 15 is 0 Å². The lowest BCUT2D eigenvalue weighted by Crippen LogP contribution is -1.97. The lowest BCUT2D eigenvalue weighted by molar-refractivity contribution is -0.388. The highest BCUT2D eigenvalue weighted by Gasteiger charge is 2.16. The molecule has 0 saturated carbocycles. The van der Waals surface area contributed by atoms with Crippen LogP contribution in [0.3, 0.4) is 0 Å². The van der Waals surface area contributed by atoms with Crippen LogP contribution in [0.4, 0.5) is 11.5 Å². The van der Waals surface area contributed by atoms with Crippen molar-refractivity contribution in [2.75, 3.05) is 5.73 Å². The van der Waals surface area contributed by atoms with Crippen molar-refractivity contribution in [3.05, 3.63) is 52.6 Å². The first-order valence-electron chi connectivity index (χ1n) is 4.80. The average molecular weight is 247 g/mol. The second-order valence-electron chi connectivity index (χ2n) is 3.23. The number of anilines is 1. The third-order valence-corrected chi connectivity index (χ3v) is 3.02. The first-order valence-corrected chi connectivity index (χ1v) is 5.62. The number of rotatable bonds is 3. The van der Waals surface area contributed by atoms with Crippen LogP contribution >= 0.6 is 11.8 Å². The second-order valence-corrected chi connectivity index (χ2v) is 4.29. The van der Waals surface area contributed by atoms with Crippen molar-refractivity contribution in [1.82, 2.24) is 4.98 Å². The Balaban J connectivity index is 2.37. The predicted octanol–water partition coefficient (Wildman–Crippen LogP) is 2.72. The lowest BCUT2D eigenvalue weighted by Gasteiger charge is -2.02. The molecule has 0 fully saturated rings. The predicted molar refractivity (Wildman–Crippen MR) is 65.9 cm³/mol. The molecule has 6 heteroatoms. The molecule has 0 unspecified atom stereocenters. The number of pyridine rings is 1. The van der Waals surface area contributed by atoms with Crippen LogP contribution in [0.25, 0.3) is 0 Å². The monoisotopic (exact) mass is 247 g/mol. The van der Waals surface area contributed by atoms with Crippen molar-refractivity contribution in [2.45, 2.75) is 9.92 Å². The molecule has 0 aliphatic heterocycles. The van der Waals surface area contributed by atoms with E-state index in [2.05, 4.69) is 4.98 Å². The second kappa shape index (κ2) is 4.84. The van der Waals surface area contributed by atoms with Crippen LogP contribution in [-0.4, -0.2) is 9.91 Å². The number of nitro groups is 1. The van der Waals surface area contributed by atoms with Crippen molar-refractivity contribution in [2.24, 2.45) is 0 Å². The van der Waals surface area contributed by atoms with E-state index in [4.69, 9.17) is 5.73 Å². The van der Waals surface area contributed by atoms with Crippen LogP contribution in [0.5, 0.6) is 0 Å². The van der Waals surface area contributed by atoms with Crippen LogP contribution in [0.1, 0.15) is 0 Å². The number of nitrogens with two attached hydrogens (primary N) is 1. The molecule has 0 amide bonds. The highest BCUT2D eigenvalue weighted by Crippen LogP contribution is 2.33. The molecule has 0 saturated heterocycles. The topological polar surface area (TPSA) is 82.0 Å². The van der Waals surface area contributed by atoms with Crippen molar-refractivity contribution >= 4 is 23.3 Å². The fraction of sp³-hybridized carbons (Fsp3) is 0. The maximum absolute atomic E-state index is 10.8. The molecule has 0 aliphatic carbocycles. The van der Waals surface area contributed by atoms with Crippen LogP contribution in [-0.2, 0) is 0 Å². The van der Waals surface area contributed by atoms with Gasteiger partial charge in [0.1, 0.15) is 5.82 Å². The fourth-order valence-electron chi connectivity index (χ4n) is 1.26. The molecule has 0 bridgehead atoms. The summed E-state index contributed by atoms with van der Waals surface area (Å²) in [4.78, 5) is 15.2. The highest BCUT2D eigenvalue weighted by atomic mass is 32.2. The van der Waals surface area contributed by atoms with E-state index in [1.807, 2.05) is 30.3 Å². The third kappa shape index (κ3) is 2.73. The van der Waals surface area contributed by atoms with Gasteiger partial charge in [-0.1, -0.05) is 30.0 Å². The molecule has 2 aromatic rings. The molecule has 0 aliphatic rings. The summed E-state index contributed by atoms with van der Waals surface area (Å²) in [5.41, 5.74) is 5.50. The van der Waals surface area contributed by atoms with Gasteiger partial charge in [0.25, 0.3) is 0 Å². The summed E-state index contributed by atoms with van der Waals surface area (Å²) in [5, 5.41) is 11.1. The molecule has 2 rings (SSSR count). The molecule has 2 N–H and O–H groups in total. The van der Waals surface area contributed by atoms with Gasteiger partial charge in [0.2, 0.25) is 0 Å². The summed E-state index contributed by atoms with van der Waals surface area (Å²) < 4.78 is 0. The fourth-order valence-corrected chi connectivity index (χ4v) is 2.18. The Morgan fingerprint density at radius 1 is 1.18 bits per heavy atom. The maximum atomic E-state index is 10.8. The number of aromatic nitrogens is 1. The molecule has 0 spiro atoms. The van der Waals surface area contributed by atoms with Crippen molar-refractivity contribution in [3.63, 3.8) is 0 Å². The Labute approximate surface area is 102 Å². The average Bonchev–Trinajstić information content (AvgIpc) is 2.30. The molecule has 1 aromatic carbocycles. The van der Waals surface area contributed by atoms with Crippen molar-refractivity contribution < 1.29 is 4.92 Å². The van der Waals surface area contributed by atoms with Gasteiger partial charge in [-0.15, -0.1) is 0 Å². The molecular formula is C11H9N3O2S. The normalized spacial score (nSPS) is 10.1. The Hall–Kier alpha value is -2.08. The maximum Gasteiger partial charge on any atom is 0.301 e. The smallest absolute Gasteiger partial charge is 0.301 e. The van der Waals surface area contributed by atoms with Crippen LogP contribution in [0.2, 0.25) is 0 Å². The van der Waals surface area contributed by atoms with Gasteiger partial charge in [-0.2, -0.15) is 0 Å². The molecule has 1 heterocycles. The van der Waals surface area contributed by atoms with Gasteiger partial charge < -0.3 is 5.73 Å². The third-order valence-electron chi connectivity index (χ3n) is 2.02. The zero-order valence-electron chi connectivity index (χ0n) is 8.74. The molecule has 0 radical (unpaired) electrons. The first kappa shape index (κ1) is 11.4. The van der Waals surface area contributed by atoms with E-state index in [0.29, 0.717) is 5.03 Å². The molecule has 5 nitrogen and oxygen atoms in total. The van der Waals surface area contributed by atoms with Gasteiger partial charge in [-0.05, 0) is 18.2 Å². The van der Waals surface area contributed by atoms with Gasteiger partial charge in [-0.25, -0.2) is 4.98 Å². The van der Waals surface area contributed by atoms with Crippen LogP contribution < -0.4 is 5.73 Å². The zero-order chi connectivity index (χ0) is 12.3. The minimum Gasteiger partial charge on any atom is -0.384 e. The van der Waals surface area contributed by atoms with Crippen molar-refractivity contribution in [3.8, 4) is 0 Å². The number of benzene rings is 1. The Morgan fingerprint density at radius 3 is 2.53 bits per heavy atom. The molecule has 1 aromatic heterocycles.